The first-order valence-corrected chi connectivity index (χ1v) is 7.54. The van der Waals surface area contributed by atoms with Gasteiger partial charge < -0.3 is 5.73 Å². The molecule has 0 aliphatic rings. The summed E-state index contributed by atoms with van der Waals surface area (Å²) in [7, 11) is 0. The molecule has 0 aliphatic heterocycles. The second-order valence-corrected chi connectivity index (χ2v) is 5.84. The van der Waals surface area contributed by atoms with Crippen LogP contribution in [-0.4, -0.2) is 4.98 Å². The number of hydrogen-bond donors (Lipinski definition) is 1. The van der Waals surface area contributed by atoms with E-state index in [-0.39, 0.29) is 0 Å². The van der Waals surface area contributed by atoms with Crippen LogP contribution < -0.4 is 5.73 Å². The number of fused-ring (bicyclic) bond motifs is 1. The largest absolute Gasteiger partial charge is 0.398 e. The Bertz CT molecular complexity index is 748. The Kier molecular flexibility index (Phi) is 3.61. The van der Waals surface area contributed by atoms with Crippen molar-refractivity contribution in [2.75, 3.05) is 5.73 Å². The van der Waals surface area contributed by atoms with E-state index in [4.69, 9.17) is 5.73 Å². The zero-order chi connectivity index (χ0) is 13.9. The molecular weight excluding hydrogens is 264 g/mol. The van der Waals surface area contributed by atoms with Crippen LogP contribution in [0.1, 0.15) is 11.1 Å². The molecular formula is C17H16N2S. The van der Waals surface area contributed by atoms with Gasteiger partial charge in [-0.1, -0.05) is 30.3 Å². The number of thioether (sulfide) groups is 1. The van der Waals surface area contributed by atoms with Crippen LogP contribution >= 0.6 is 11.8 Å². The molecule has 3 heteroatoms. The molecule has 0 amide bonds. The van der Waals surface area contributed by atoms with Gasteiger partial charge in [-0.3, -0.25) is 4.98 Å². The van der Waals surface area contributed by atoms with E-state index in [9.17, 15) is 0 Å². The first-order valence-electron chi connectivity index (χ1n) is 6.55. The zero-order valence-corrected chi connectivity index (χ0v) is 12.2. The van der Waals surface area contributed by atoms with Crippen molar-refractivity contribution >= 4 is 28.4 Å². The van der Waals surface area contributed by atoms with Crippen LogP contribution in [0.4, 0.5) is 5.69 Å². The molecule has 0 radical (unpaired) electrons. The predicted octanol–water partition coefficient (Wildman–Crippen LogP) is 4.42. The number of nitrogens with zero attached hydrogens (tertiary/aromatic N) is 1. The fraction of sp³-hybridized carbons (Fsp3) is 0.118. The van der Waals surface area contributed by atoms with Crippen molar-refractivity contribution in [3.8, 4) is 0 Å². The van der Waals surface area contributed by atoms with Gasteiger partial charge in [0.1, 0.15) is 0 Å². The van der Waals surface area contributed by atoms with Crippen molar-refractivity contribution < 1.29 is 0 Å². The van der Waals surface area contributed by atoms with E-state index in [1.807, 2.05) is 24.4 Å². The van der Waals surface area contributed by atoms with Crippen LogP contribution in [0.15, 0.2) is 59.6 Å². The summed E-state index contributed by atoms with van der Waals surface area (Å²) in [4.78, 5) is 5.63. The lowest BCUT2D eigenvalue weighted by molar-refractivity contribution is 1.33. The Labute approximate surface area is 123 Å². The van der Waals surface area contributed by atoms with Crippen LogP contribution in [0, 0.1) is 6.92 Å². The van der Waals surface area contributed by atoms with Crippen LogP contribution in [0.25, 0.3) is 10.9 Å². The molecule has 2 aromatic carbocycles. The molecule has 0 saturated heterocycles. The highest BCUT2D eigenvalue weighted by Crippen LogP contribution is 2.30. The maximum atomic E-state index is 6.03. The fourth-order valence-electron chi connectivity index (χ4n) is 2.21. The molecule has 3 rings (SSSR count). The zero-order valence-electron chi connectivity index (χ0n) is 11.3. The van der Waals surface area contributed by atoms with Crippen molar-refractivity contribution in [2.45, 2.75) is 17.6 Å². The van der Waals surface area contributed by atoms with E-state index in [0.29, 0.717) is 0 Å². The van der Waals surface area contributed by atoms with Crippen LogP contribution in [0.2, 0.25) is 0 Å². The number of anilines is 1. The van der Waals surface area contributed by atoms with Crippen LogP contribution in [0.5, 0.6) is 0 Å². The van der Waals surface area contributed by atoms with Crippen molar-refractivity contribution in [1.29, 1.82) is 0 Å². The lowest BCUT2D eigenvalue weighted by Gasteiger charge is -2.08. The van der Waals surface area contributed by atoms with Crippen molar-refractivity contribution in [3.05, 3.63) is 65.9 Å². The molecule has 3 aromatic rings. The van der Waals surface area contributed by atoms with Crippen LogP contribution in [-0.2, 0) is 5.75 Å². The molecule has 0 aliphatic carbocycles. The van der Waals surface area contributed by atoms with Gasteiger partial charge in [0.15, 0.2) is 0 Å². The smallest absolute Gasteiger partial charge is 0.0742 e. The van der Waals surface area contributed by atoms with Crippen molar-refractivity contribution in [1.82, 2.24) is 4.98 Å². The lowest BCUT2D eigenvalue weighted by atomic mass is 10.1. The summed E-state index contributed by atoms with van der Waals surface area (Å²) < 4.78 is 0. The Balaban J connectivity index is 1.89. The van der Waals surface area contributed by atoms with Gasteiger partial charge in [-0.25, -0.2) is 0 Å². The second-order valence-electron chi connectivity index (χ2n) is 4.82. The Hall–Kier alpha value is -2.00. The van der Waals surface area contributed by atoms with Gasteiger partial charge >= 0.3 is 0 Å². The number of rotatable bonds is 3. The number of hydrogen-bond acceptors (Lipinski definition) is 3. The first kappa shape index (κ1) is 13.0. The Morgan fingerprint density at radius 1 is 1.10 bits per heavy atom. The molecule has 0 saturated carbocycles. The summed E-state index contributed by atoms with van der Waals surface area (Å²) in [6.07, 6.45) is 1.84. The number of aryl methyl sites for hydroxylation is 1. The lowest BCUT2D eigenvalue weighted by Crippen LogP contribution is -1.91. The number of aromatic nitrogens is 1. The highest BCUT2D eigenvalue weighted by Gasteiger charge is 2.05. The molecule has 1 heterocycles. The molecule has 0 spiro atoms. The van der Waals surface area contributed by atoms with E-state index < -0.39 is 0 Å². The molecule has 2 nitrogen and oxygen atoms in total. The van der Waals surface area contributed by atoms with Gasteiger partial charge in [-0.2, -0.15) is 0 Å². The topological polar surface area (TPSA) is 38.9 Å². The average Bonchev–Trinajstić information content (AvgIpc) is 2.48. The van der Waals surface area contributed by atoms with E-state index in [2.05, 4.69) is 42.2 Å². The SMILES string of the molecule is Cc1ccc(N)c(SCc2cccc3cccnc23)c1. The van der Waals surface area contributed by atoms with E-state index in [1.165, 1.54) is 16.5 Å². The third-order valence-corrected chi connectivity index (χ3v) is 4.39. The Morgan fingerprint density at radius 3 is 2.85 bits per heavy atom. The van der Waals surface area contributed by atoms with Gasteiger partial charge in [0, 0.05) is 27.9 Å². The van der Waals surface area contributed by atoms with Crippen LogP contribution in [0.3, 0.4) is 0 Å². The third-order valence-electron chi connectivity index (χ3n) is 3.27. The van der Waals surface area contributed by atoms with Gasteiger partial charge in [0.2, 0.25) is 0 Å². The maximum Gasteiger partial charge on any atom is 0.0742 e. The first-order chi connectivity index (χ1) is 9.74. The number of nitrogens with two attached hydrogens (primary N) is 1. The van der Waals surface area contributed by atoms with E-state index >= 15 is 0 Å². The summed E-state index contributed by atoms with van der Waals surface area (Å²) in [5, 5.41) is 1.18. The minimum absolute atomic E-state index is 0.841. The molecule has 0 fully saturated rings. The van der Waals surface area contributed by atoms with Crippen molar-refractivity contribution in [2.24, 2.45) is 0 Å². The summed E-state index contributed by atoms with van der Waals surface area (Å²) in [6, 6.07) is 16.5. The van der Waals surface area contributed by atoms with E-state index in [0.717, 1.165) is 21.9 Å². The summed E-state index contributed by atoms with van der Waals surface area (Å²) in [5.74, 6) is 0.877. The van der Waals surface area contributed by atoms with Gasteiger partial charge in [0.25, 0.3) is 0 Å². The quantitative estimate of drug-likeness (QED) is 0.570. The third kappa shape index (κ3) is 2.63. The van der Waals surface area contributed by atoms with E-state index in [1.54, 1.807) is 11.8 Å². The normalized spacial score (nSPS) is 10.8. The molecule has 1 aromatic heterocycles. The summed E-state index contributed by atoms with van der Waals surface area (Å²) >= 11 is 1.76. The average molecular weight is 280 g/mol. The Morgan fingerprint density at radius 2 is 1.95 bits per heavy atom. The highest BCUT2D eigenvalue weighted by molar-refractivity contribution is 7.98. The monoisotopic (exact) mass is 280 g/mol. The maximum absolute atomic E-state index is 6.03. The summed E-state index contributed by atoms with van der Waals surface area (Å²) in [6.45, 7) is 2.09. The predicted molar refractivity (Wildman–Crippen MR) is 86.9 cm³/mol. The van der Waals surface area contributed by atoms with Gasteiger partial charge in [-0.05, 0) is 36.2 Å². The fourth-order valence-corrected chi connectivity index (χ4v) is 3.25. The van der Waals surface area contributed by atoms with Gasteiger partial charge in [-0.15, -0.1) is 11.8 Å². The number of nitrogen functional groups attached to an aromatic ring is 1. The number of benzene rings is 2. The molecule has 2 N–H and O–H groups in total. The molecule has 20 heavy (non-hydrogen) atoms. The molecule has 0 atom stereocenters. The highest BCUT2D eigenvalue weighted by atomic mass is 32.2. The molecule has 100 valence electrons. The minimum Gasteiger partial charge on any atom is -0.398 e. The molecule has 0 bridgehead atoms. The van der Waals surface area contributed by atoms with Gasteiger partial charge in [0.05, 0.1) is 5.52 Å². The number of pyridine rings is 1. The minimum atomic E-state index is 0.841. The summed E-state index contributed by atoms with van der Waals surface area (Å²) in [5.41, 5.74) is 10.4. The second kappa shape index (κ2) is 5.55. The number of para-hydroxylation sites is 1. The molecule has 0 unspecified atom stereocenters. The standard InChI is InChI=1S/C17H16N2S/c1-12-7-8-15(18)16(10-12)20-11-14-5-2-4-13-6-3-9-19-17(13)14/h2-10H,11,18H2,1H3. The van der Waals surface area contributed by atoms with Crippen molar-refractivity contribution in [3.63, 3.8) is 0 Å².